The molecule has 0 bridgehead atoms. The van der Waals surface area contributed by atoms with Crippen LogP contribution in [0.3, 0.4) is 0 Å². The van der Waals surface area contributed by atoms with Crippen LogP contribution >= 0.6 is 0 Å². The molecule has 0 saturated carbocycles. The number of nitrogens with two attached hydrogens (primary N) is 1. The van der Waals surface area contributed by atoms with E-state index < -0.39 is 0 Å². The minimum absolute atomic E-state index is 0.0463. The summed E-state index contributed by atoms with van der Waals surface area (Å²) in [5, 5.41) is 3.00. The first kappa shape index (κ1) is 16.8. The minimum atomic E-state index is -0.0463. The normalized spacial score (nSPS) is 18.1. The van der Waals surface area contributed by atoms with Gasteiger partial charge in [0.1, 0.15) is 0 Å². The van der Waals surface area contributed by atoms with E-state index in [4.69, 9.17) is 5.73 Å². The van der Waals surface area contributed by atoms with Gasteiger partial charge in [-0.05, 0) is 30.7 Å². The molecular weight excluding hydrogens is 276 g/mol. The Bertz CT molecular complexity index is 483. The van der Waals surface area contributed by atoms with Gasteiger partial charge >= 0.3 is 0 Å². The molecule has 1 aromatic carbocycles. The molecule has 1 atom stereocenters. The largest absolute Gasteiger partial charge is 0.399 e. The van der Waals surface area contributed by atoms with Crippen molar-refractivity contribution in [1.82, 2.24) is 15.1 Å². The maximum Gasteiger partial charge on any atom is 0.251 e. The maximum absolute atomic E-state index is 12.1. The van der Waals surface area contributed by atoms with Crippen molar-refractivity contribution in [2.45, 2.75) is 13.8 Å². The van der Waals surface area contributed by atoms with Gasteiger partial charge in [0, 0.05) is 50.5 Å². The van der Waals surface area contributed by atoms with E-state index in [-0.39, 0.29) is 5.91 Å². The van der Waals surface area contributed by atoms with Gasteiger partial charge in [0.2, 0.25) is 0 Å². The number of nitrogens with zero attached hydrogens (tertiary/aromatic N) is 2. The smallest absolute Gasteiger partial charge is 0.251 e. The van der Waals surface area contributed by atoms with Crippen LogP contribution in [-0.4, -0.2) is 61.5 Å². The van der Waals surface area contributed by atoms with E-state index >= 15 is 0 Å². The van der Waals surface area contributed by atoms with Crippen LogP contribution in [0.4, 0.5) is 5.69 Å². The Morgan fingerprint density at radius 1 is 1.27 bits per heavy atom. The lowest BCUT2D eigenvalue weighted by Crippen LogP contribution is -2.48. The molecule has 0 aliphatic carbocycles. The van der Waals surface area contributed by atoms with Crippen molar-refractivity contribution in [2.24, 2.45) is 5.92 Å². The van der Waals surface area contributed by atoms with E-state index in [0.29, 0.717) is 23.7 Å². The highest BCUT2D eigenvalue weighted by molar-refractivity contribution is 5.94. The highest BCUT2D eigenvalue weighted by atomic mass is 16.1. The summed E-state index contributed by atoms with van der Waals surface area (Å²) >= 11 is 0. The van der Waals surface area contributed by atoms with Gasteiger partial charge in [-0.15, -0.1) is 0 Å². The molecule has 122 valence electrons. The first-order chi connectivity index (χ1) is 10.6. The second-order valence-electron chi connectivity index (χ2n) is 6.18. The van der Waals surface area contributed by atoms with Crippen LogP contribution in [0.1, 0.15) is 24.2 Å². The summed E-state index contributed by atoms with van der Waals surface area (Å²) in [6, 6.07) is 7.10. The topological polar surface area (TPSA) is 61.6 Å². The Kier molecular flexibility index (Phi) is 6.21. The molecule has 5 heteroatoms. The molecule has 5 nitrogen and oxygen atoms in total. The Balaban J connectivity index is 1.71. The number of hydrogen-bond donors (Lipinski definition) is 2. The SMILES string of the molecule is CCN1CCN(CC(C)CNC(=O)c2cccc(N)c2)CC1. The summed E-state index contributed by atoms with van der Waals surface area (Å²) in [6.07, 6.45) is 0. The van der Waals surface area contributed by atoms with Crippen molar-refractivity contribution in [1.29, 1.82) is 0 Å². The molecular formula is C17H28N4O. The number of hydrogen-bond acceptors (Lipinski definition) is 4. The lowest BCUT2D eigenvalue weighted by Gasteiger charge is -2.35. The number of rotatable bonds is 6. The number of benzene rings is 1. The van der Waals surface area contributed by atoms with Gasteiger partial charge in [0.05, 0.1) is 0 Å². The molecule has 2 rings (SSSR count). The van der Waals surface area contributed by atoms with Gasteiger partial charge in [-0.1, -0.05) is 19.9 Å². The van der Waals surface area contributed by atoms with Crippen molar-refractivity contribution in [3.05, 3.63) is 29.8 Å². The van der Waals surface area contributed by atoms with Crippen molar-refractivity contribution in [3.63, 3.8) is 0 Å². The summed E-state index contributed by atoms with van der Waals surface area (Å²) in [5.41, 5.74) is 6.96. The molecule has 1 unspecified atom stereocenters. The zero-order valence-electron chi connectivity index (χ0n) is 13.7. The highest BCUT2D eigenvalue weighted by Gasteiger charge is 2.17. The van der Waals surface area contributed by atoms with Crippen molar-refractivity contribution in [2.75, 3.05) is 51.5 Å². The highest BCUT2D eigenvalue weighted by Crippen LogP contribution is 2.08. The molecule has 1 saturated heterocycles. The van der Waals surface area contributed by atoms with E-state index in [0.717, 1.165) is 39.3 Å². The molecule has 1 aromatic rings. The molecule has 1 aliphatic heterocycles. The van der Waals surface area contributed by atoms with Crippen LogP contribution < -0.4 is 11.1 Å². The molecule has 0 spiro atoms. The number of nitrogen functional groups attached to an aromatic ring is 1. The van der Waals surface area contributed by atoms with Gasteiger partial charge in [-0.2, -0.15) is 0 Å². The molecule has 22 heavy (non-hydrogen) atoms. The average Bonchev–Trinajstić information content (AvgIpc) is 2.53. The number of likely N-dealkylation sites (N-methyl/N-ethyl adjacent to an activating group) is 1. The Labute approximate surface area is 133 Å². The second kappa shape index (κ2) is 8.15. The van der Waals surface area contributed by atoms with Gasteiger partial charge in [-0.3, -0.25) is 4.79 Å². The summed E-state index contributed by atoms with van der Waals surface area (Å²) in [7, 11) is 0. The van der Waals surface area contributed by atoms with Gasteiger partial charge < -0.3 is 20.9 Å². The third-order valence-corrected chi connectivity index (χ3v) is 4.24. The predicted molar refractivity (Wildman–Crippen MR) is 90.9 cm³/mol. The predicted octanol–water partition coefficient (Wildman–Crippen LogP) is 1.27. The van der Waals surface area contributed by atoms with Gasteiger partial charge in [0.15, 0.2) is 0 Å². The van der Waals surface area contributed by atoms with E-state index in [1.54, 1.807) is 24.3 Å². The third kappa shape index (κ3) is 5.00. The van der Waals surface area contributed by atoms with E-state index in [1.165, 1.54) is 0 Å². The lowest BCUT2D eigenvalue weighted by atomic mass is 10.1. The molecule has 1 heterocycles. The standard InChI is InChI=1S/C17H28N4O/c1-3-20-7-9-21(10-8-20)13-14(2)12-19-17(22)15-5-4-6-16(18)11-15/h4-6,11,14H,3,7-10,12-13,18H2,1-2H3,(H,19,22). The Morgan fingerprint density at radius 3 is 2.59 bits per heavy atom. The molecule has 0 aromatic heterocycles. The fourth-order valence-corrected chi connectivity index (χ4v) is 2.84. The molecule has 1 fully saturated rings. The fraction of sp³-hybridized carbons (Fsp3) is 0.588. The second-order valence-corrected chi connectivity index (χ2v) is 6.18. The van der Waals surface area contributed by atoms with Crippen LogP contribution in [0.25, 0.3) is 0 Å². The lowest BCUT2D eigenvalue weighted by molar-refractivity contribution is 0.0933. The Morgan fingerprint density at radius 2 is 1.95 bits per heavy atom. The van der Waals surface area contributed by atoms with Crippen LogP contribution in [-0.2, 0) is 0 Å². The minimum Gasteiger partial charge on any atom is -0.399 e. The maximum atomic E-state index is 12.1. The first-order valence-electron chi connectivity index (χ1n) is 8.17. The quantitative estimate of drug-likeness (QED) is 0.777. The van der Waals surface area contributed by atoms with Gasteiger partial charge in [0.25, 0.3) is 5.91 Å². The molecule has 1 amide bonds. The molecule has 3 N–H and O–H groups in total. The van der Waals surface area contributed by atoms with E-state index in [9.17, 15) is 4.79 Å². The Hall–Kier alpha value is -1.59. The number of nitrogens with one attached hydrogen (secondary N) is 1. The number of amides is 1. The molecule has 1 aliphatic rings. The number of carbonyl (C=O) groups excluding carboxylic acids is 1. The summed E-state index contributed by atoms with van der Waals surface area (Å²) < 4.78 is 0. The fourth-order valence-electron chi connectivity index (χ4n) is 2.84. The zero-order chi connectivity index (χ0) is 15.9. The summed E-state index contributed by atoms with van der Waals surface area (Å²) in [4.78, 5) is 17.1. The van der Waals surface area contributed by atoms with Crippen molar-refractivity contribution >= 4 is 11.6 Å². The first-order valence-corrected chi connectivity index (χ1v) is 8.17. The van der Waals surface area contributed by atoms with Crippen LogP contribution in [0.2, 0.25) is 0 Å². The number of anilines is 1. The van der Waals surface area contributed by atoms with Crippen molar-refractivity contribution < 1.29 is 4.79 Å². The number of piperazine rings is 1. The number of carbonyl (C=O) groups is 1. The summed E-state index contributed by atoms with van der Waals surface area (Å²) in [5.74, 6) is 0.396. The average molecular weight is 304 g/mol. The van der Waals surface area contributed by atoms with Crippen LogP contribution in [0.5, 0.6) is 0 Å². The molecule has 0 radical (unpaired) electrons. The van der Waals surface area contributed by atoms with Crippen molar-refractivity contribution in [3.8, 4) is 0 Å². The van der Waals surface area contributed by atoms with E-state index in [2.05, 4.69) is 29.0 Å². The zero-order valence-corrected chi connectivity index (χ0v) is 13.7. The van der Waals surface area contributed by atoms with Crippen LogP contribution in [0.15, 0.2) is 24.3 Å². The monoisotopic (exact) mass is 304 g/mol. The summed E-state index contributed by atoms with van der Waals surface area (Å²) in [6.45, 7) is 11.8. The third-order valence-electron chi connectivity index (χ3n) is 4.24. The van der Waals surface area contributed by atoms with E-state index in [1.807, 2.05) is 0 Å². The van der Waals surface area contributed by atoms with Crippen LogP contribution in [0, 0.1) is 5.92 Å². The van der Waals surface area contributed by atoms with Gasteiger partial charge in [-0.25, -0.2) is 0 Å².